The van der Waals surface area contributed by atoms with Crippen LogP contribution in [0, 0.1) is 25.5 Å². The number of halogens is 2. The van der Waals surface area contributed by atoms with Crippen molar-refractivity contribution in [1.29, 1.82) is 0 Å². The van der Waals surface area contributed by atoms with E-state index in [1.807, 2.05) is 31.2 Å². The molecule has 0 aliphatic rings. The number of carbonyl (C=O) groups is 1. The molecule has 4 aromatic rings. The quantitative estimate of drug-likeness (QED) is 0.421. The van der Waals surface area contributed by atoms with Crippen molar-refractivity contribution in [3.8, 4) is 5.75 Å². The van der Waals surface area contributed by atoms with Crippen LogP contribution < -0.4 is 9.64 Å². The molecule has 0 bridgehead atoms. The first-order chi connectivity index (χ1) is 14.8. The molecule has 5 nitrogen and oxygen atoms in total. The first kappa shape index (κ1) is 20.5. The summed E-state index contributed by atoms with van der Waals surface area (Å²) >= 11 is 0. The zero-order chi connectivity index (χ0) is 22.1. The van der Waals surface area contributed by atoms with Crippen LogP contribution in [0.1, 0.15) is 27.4 Å². The lowest BCUT2D eigenvalue weighted by Gasteiger charge is -2.20. The molecule has 0 fully saturated rings. The Kier molecular flexibility index (Phi) is 5.42. The molecule has 158 valence electrons. The van der Waals surface area contributed by atoms with E-state index in [0.717, 1.165) is 28.5 Å². The van der Waals surface area contributed by atoms with E-state index in [9.17, 15) is 13.6 Å². The Morgan fingerprint density at radius 2 is 1.74 bits per heavy atom. The largest absolute Gasteiger partial charge is 0.488 e. The Hall–Kier alpha value is -3.74. The Labute approximate surface area is 177 Å². The van der Waals surface area contributed by atoms with Crippen LogP contribution in [-0.4, -0.2) is 18.1 Å². The van der Waals surface area contributed by atoms with Crippen molar-refractivity contribution in [2.45, 2.75) is 20.5 Å². The summed E-state index contributed by atoms with van der Waals surface area (Å²) in [7, 11) is 1.50. The summed E-state index contributed by atoms with van der Waals surface area (Å²) in [6.45, 7) is 3.79. The van der Waals surface area contributed by atoms with Crippen molar-refractivity contribution >= 4 is 22.4 Å². The number of anilines is 1. The molecule has 0 saturated heterocycles. The molecule has 0 aliphatic heterocycles. The third-order valence-corrected chi connectivity index (χ3v) is 5.23. The number of ether oxygens (including phenoxy) is 1. The monoisotopic (exact) mass is 422 g/mol. The van der Waals surface area contributed by atoms with Gasteiger partial charge in [-0.05, 0) is 48.9 Å². The minimum atomic E-state index is -1.02. The van der Waals surface area contributed by atoms with Crippen molar-refractivity contribution in [2.24, 2.45) is 0 Å². The molecular formula is C24H20F2N2O3. The normalized spacial score (nSPS) is 11.0. The summed E-state index contributed by atoms with van der Waals surface area (Å²) in [5.41, 5.74) is 2.05. The third-order valence-electron chi connectivity index (χ3n) is 5.23. The molecule has 0 saturated carbocycles. The van der Waals surface area contributed by atoms with E-state index in [-0.39, 0.29) is 12.3 Å². The summed E-state index contributed by atoms with van der Waals surface area (Å²) in [6.07, 6.45) is 0. The maximum absolute atomic E-state index is 13.7. The molecule has 0 N–H and O–H groups in total. The van der Waals surface area contributed by atoms with Crippen LogP contribution in [-0.2, 0) is 6.61 Å². The van der Waals surface area contributed by atoms with Crippen molar-refractivity contribution in [3.63, 3.8) is 0 Å². The van der Waals surface area contributed by atoms with Gasteiger partial charge in [0.2, 0.25) is 0 Å². The van der Waals surface area contributed by atoms with E-state index in [1.54, 1.807) is 19.1 Å². The zero-order valence-electron chi connectivity index (χ0n) is 17.3. The third kappa shape index (κ3) is 3.99. The number of aryl methyl sites for hydroxylation is 2. The lowest BCUT2D eigenvalue weighted by Crippen LogP contribution is -2.27. The fourth-order valence-corrected chi connectivity index (χ4v) is 3.36. The van der Waals surface area contributed by atoms with Crippen LogP contribution in [0.15, 0.2) is 59.1 Å². The summed E-state index contributed by atoms with van der Waals surface area (Å²) in [5.74, 6) is -1.39. The Balaban J connectivity index is 1.73. The number of nitrogens with zero attached hydrogens (tertiary/aromatic N) is 2. The number of fused-ring (bicyclic) bond motifs is 1. The standard InChI is InChI=1S/C24H20F2N2O3/c1-14-20(15(2)31-27-14)13-30-23-11-17-7-5-4-6-16(17)10-19(23)24(29)28(3)18-8-9-21(25)22(26)12-18/h4-12H,13H2,1-3H3. The van der Waals surface area contributed by atoms with Gasteiger partial charge in [-0.25, -0.2) is 8.78 Å². The van der Waals surface area contributed by atoms with Gasteiger partial charge in [0.1, 0.15) is 18.1 Å². The second kappa shape index (κ2) is 8.18. The molecule has 1 heterocycles. The molecule has 0 unspecified atom stereocenters. The highest BCUT2D eigenvalue weighted by Crippen LogP contribution is 2.30. The number of carbonyl (C=O) groups excluding carboxylic acids is 1. The van der Waals surface area contributed by atoms with Crippen LogP contribution in [0.2, 0.25) is 0 Å². The van der Waals surface area contributed by atoms with E-state index < -0.39 is 17.5 Å². The highest BCUT2D eigenvalue weighted by atomic mass is 19.2. The van der Waals surface area contributed by atoms with E-state index >= 15 is 0 Å². The maximum Gasteiger partial charge on any atom is 0.261 e. The van der Waals surface area contributed by atoms with Crippen molar-refractivity contribution in [1.82, 2.24) is 5.16 Å². The lowest BCUT2D eigenvalue weighted by molar-refractivity contribution is 0.0988. The second-order valence-electron chi connectivity index (χ2n) is 7.25. The average Bonchev–Trinajstić information content (AvgIpc) is 3.09. The molecule has 0 radical (unpaired) electrons. The molecule has 0 aliphatic carbocycles. The SMILES string of the molecule is Cc1noc(C)c1COc1cc2ccccc2cc1C(=O)N(C)c1ccc(F)c(F)c1. The summed E-state index contributed by atoms with van der Waals surface area (Å²) in [4.78, 5) is 14.6. The predicted octanol–water partition coefficient (Wildman–Crippen LogP) is 5.58. The summed E-state index contributed by atoms with van der Waals surface area (Å²) in [6, 6.07) is 14.4. The first-order valence-electron chi connectivity index (χ1n) is 9.65. The van der Waals surface area contributed by atoms with Crippen LogP contribution >= 0.6 is 0 Å². The van der Waals surface area contributed by atoms with Gasteiger partial charge in [0.15, 0.2) is 11.6 Å². The average molecular weight is 422 g/mol. The van der Waals surface area contributed by atoms with Crippen LogP contribution in [0.4, 0.5) is 14.5 Å². The molecule has 3 aromatic carbocycles. The fraction of sp³-hybridized carbons (Fsp3) is 0.167. The number of aromatic nitrogens is 1. The molecule has 0 atom stereocenters. The minimum absolute atomic E-state index is 0.175. The molecule has 31 heavy (non-hydrogen) atoms. The molecule has 1 amide bonds. The Bertz CT molecular complexity index is 1260. The van der Waals surface area contributed by atoms with Crippen molar-refractivity contribution in [3.05, 3.63) is 88.8 Å². The Morgan fingerprint density at radius 3 is 2.39 bits per heavy atom. The van der Waals surface area contributed by atoms with Crippen molar-refractivity contribution < 1.29 is 22.8 Å². The fourth-order valence-electron chi connectivity index (χ4n) is 3.36. The van der Waals surface area contributed by atoms with Gasteiger partial charge in [0.05, 0.1) is 16.8 Å². The molecule has 7 heteroatoms. The summed E-state index contributed by atoms with van der Waals surface area (Å²) in [5, 5.41) is 5.68. The van der Waals surface area contributed by atoms with Gasteiger partial charge in [-0.15, -0.1) is 0 Å². The topological polar surface area (TPSA) is 55.6 Å². The highest BCUT2D eigenvalue weighted by Gasteiger charge is 2.21. The molecule has 0 spiro atoms. The van der Waals surface area contributed by atoms with Gasteiger partial charge in [-0.2, -0.15) is 0 Å². The minimum Gasteiger partial charge on any atom is -0.488 e. The smallest absolute Gasteiger partial charge is 0.261 e. The lowest BCUT2D eigenvalue weighted by atomic mass is 10.0. The van der Waals surface area contributed by atoms with Gasteiger partial charge < -0.3 is 14.2 Å². The number of benzene rings is 3. The molecule has 4 rings (SSSR count). The maximum atomic E-state index is 13.7. The van der Waals surface area contributed by atoms with Crippen molar-refractivity contribution in [2.75, 3.05) is 11.9 Å². The van der Waals surface area contributed by atoms with E-state index in [0.29, 0.717) is 22.8 Å². The zero-order valence-corrected chi connectivity index (χ0v) is 17.3. The van der Waals surface area contributed by atoms with E-state index in [2.05, 4.69) is 5.16 Å². The van der Waals surface area contributed by atoms with Gasteiger partial charge >= 0.3 is 0 Å². The van der Waals surface area contributed by atoms with E-state index in [4.69, 9.17) is 9.26 Å². The second-order valence-corrected chi connectivity index (χ2v) is 7.25. The Morgan fingerprint density at radius 1 is 1.03 bits per heavy atom. The van der Waals surface area contributed by atoms with Gasteiger partial charge in [0, 0.05) is 18.8 Å². The van der Waals surface area contributed by atoms with E-state index in [1.165, 1.54) is 18.0 Å². The highest BCUT2D eigenvalue weighted by molar-refractivity contribution is 6.09. The predicted molar refractivity (Wildman–Crippen MR) is 113 cm³/mol. The number of amides is 1. The number of hydrogen-bond donors (Lipinski definition) is 0. The van der Waals surface area contributed by atoms with Gasteiger partial charge in [-0.1, -0.05) is 29.4 Å². The first-order valence-corrected chi connectivity index (χ1v) is 9.65. The number of rotatable bonds is 5. The molecule has 1 aromatic heterocycles. The van der Waals surface area contributed by atoms with Crippen LogP contribution in [0.3, 0.4) is 0 Å². The van der Waals surface area contributed by atoms with Crippen LogP contribution in [0.25, 0.3) is 10.8 Å². The van der Waals surface area contributed by atoms with Crippen LogP contribution in [0.5, 0.6) is 5.75 Å². The molecular weight excluding hydrogens is 402 g/mol. The summed E-state index contributed by atoms with van der Waals surface area (Å²) < 4.78 is 38.2. The van der Waals surface area contributed by atoms with Gasteiger partial charge in [0.25, 0.3) is 5.91 Å². The number of hydrogen-bond acceptors (Lipinski definition) is 4. The van der Waals surface area contributed by atoms with Gasteiger partial charge in [-0.3, -0.25) is 4.79 Å².